The Labute approximate surface area is 156 Å². The van der Waals surface area contributed by atoms with Crippen molar-refractivity contribution in [3.63, 3.8) is 0 Å². The van der Waals surface area contributed by atoms with E-state index in [2.05, 4.69) is 89.0 Å². The summed E-state index contributed by atoms with van der Waals surface area (Å²) >= 11 is 0. The Morgan fingerprint density at radius 2 is 1.65 bits per heavy atom. The molecule has 1 aliphatic heterocycles. The van der Waals surface area contributed by atoms with Gasteiger partial charge in [0, 0.05) is 12.1 Å². The molecule has 0 saturated heterocycles. The summed E-state index contributed by atoms with van der Waals surface area (Å²) in [5.74, 6) is 0. The predicted molar refractivity (Wildman–Crippen MR) is 82.1 cm³/mol. The van der Waals surface area contributed by atoms with Crippen LogP contribution in [0.25, 0.3) is 11.0 Å². The Morgan fingerprint density at radius 3 is 2.48 bits per heavy atom. The van der Waals surface area contributed by atoms with Crippen molar-refractivity contribution in [3.05, 3.63) is 54.9 Å². The summed E-state index contributed by atoms with van der Waals surface area (Å²) < 4.78 is 6.70. The molecule has 23 heavy (non-hydrogen) atoms. The van der Waals surface area contributed by atoms with Gasteiger partial charge in [-0.3, -0.25) is 0 Å². The van der Waals surface area contributed by atoms with Gasteiger partial charge in [-0.2, -0.15) is 9.47 Å². The minimum absolute atomic E-state index is 0. The molecule has 2 heterocycles. The highest BCUT2D eigenvalue weighted by Gasteiger charge is 2.32. The fourth-order valence-corrected chi connectivity index (χ4v) is 3.20. The number of aromatic nitrogens is 2. The van der Waals surface area contributed by atoms with Crippen molar-refractivity contribution in [1.29, 1.82) is 0 Å². The maximum atomic E-state index is 2.32. The minimum atomic E-state index is 0. The maximum absolute atomic E-state index is 2.32. The standard InChI is InChI=1S/C17H18N4.2BrH/c1-18-11-20(16-9-5-3-7-14(16)18)13-21-12-19(2)15-8-4-6-10-17(15)21;;/h3-12H,13H2,1-2H3;2*1H/q+2;;/p-1. The molecule has 1 aliphatic rings. The molecule has 0 saturated carbocycles. The molecule has 1 unspecified atom stereocenters. The molecule has 1 aromatic heterocycles. The van der Waals surface area contributed by atoms with Crippen LogP contribution >= 0.6 is 0 Å². The number of hydrogen-bond donors (Lipinski definition) is 1. The van der Waals surface area contributed by atoms with Gasteiger partial charge in [-0.25, -0.2) is 4.57 Å². The molecule has 0 fully saturated rings. The quantitative estimate of drug-likeness (QED) is 0.386. The molecule has 4 rings (SSSR count). The largest absolute Gasteiger partial charge is 1.00 e. The number of aryl methyl sites for hydroxylation is 1. The second-order valence-electron chi connectivity index (χ2n) is 5.63. The molecule has 120 valence electrons. The Balaban J connectivity index is 0.000000960. The summed E-state index contributed by atoms with van der Waals surface area (Å²) in [6.45, 7) is 0.892. The van der Waals surface area contributed by atoms with Crippen LogP contribution in [-0.2, 0) is 13.7 Å². The highest BCUT2D eigenvalue weighted by atomic mass is 79.9. The van der Waals surface area contributed by atoms with Crippen molar-refractivity contribution in [2.45, 2.75) is 6.67 Å². The van der Waals surface area contributed by atoms with Crippen LogP contribution in [0.4, 0.5) is 11.4 Å². The van der Waals surface area contributed by atoms with Crippen LogP contribution in [0.2, 0.25) is 0 Å². The van der Waals surface area contributed by atoms with Crippen molar-refractivity contribution in [2.75, 3.05) is 7.05 Å². The van der Waals surface area contributed by atoms with E-state index in [1.54, 1.807) is 0 Å². The number of nitrogens with zero attached hydrogens (tertiary/aromatic N) is 3. The topological polar surface area (TPSA) is 16.3 Å². The van der Waals surface area contributed by atoms with E-state index in [9.17, 15) is 0 Å². The van der Waals surface area contributed by atoms with Crippen LogP contribution in [0.1, 0.15) is 0 Å². The molecule has 0 spiro atoms. The third-order valence-corrected chi connectivity index (χ3v) is 4.20. The van der Waals surface area contributed by atoms with Crippen LogP contribution in [0, 0.1) is 0 Å². The van der Waals surface area contributed by atoms with E-state index in [4.69, 9.17) is 0 Å². The van der Waals surface area contributed by atoms with Crippen LogP contribution in [0.3, 0.4) is 0 Å². The Kier molecular flexibility index (Phi) is 5.39. The van der Waals surface area contributed by atoms with Crippen molar-refractivity contribution in [1.82, 2.24) is 4.57 Å². The monoisotopic (exact) mass is 437 g/mol. The molecule has 0 aliphatic carbocycles. The zero-order valence-corrected chi connectivity index (χ0v) is 16.3. The number of nitrogens with one attached hydrogen (secondary N) is 1. The first-order chi connectivity index (χ1) is 10.2. The van der Waals surface area contributed by atoms with Crippen LogP contribution in [0.5, 0.6) is 0 Å². The summed E-state index contributed by atoms with van der Waals surface area (Å²) in [4.78, 5) is 1.36. The van der Waals surface area contributed by atoms with E-state index in [1.807, 2.05) is 0 Å². The molecular weight excluding hydrogens is 420 g/mol. The van der Waals surface area contributed by atoms with Crippen LogP contribution in [0.15, 0.2) is 54.9 Å². The fourth-order valence-electron chi connectivity index (χ4n) is 3.20. The first-order valence-corrected chi connectivity index (χ1v) is 7.20. The summed E-state index contributed by atoms with van der Waals surface area (Å²) in [6, 6.07) is 17.1. The van der Waals surface area contributed by atoms with E-state index < -0.39 is 0 Å². The Hall–Kier alpha value is -1.50. The van der Waals surface area contributed by atoms with Gasteiger partial charge in [0.05, 0.1) is 7.05 Å². The van der Waals surface area contributed by atoms with E-state index in [0.29, 0.717) is 0 Å². The van der Waals surface area contributed by atoms with E-state index in [-0.39, 0.29) is 34.0 Å². The summed E-state index contributed by atoms with van der Waals surface area (Å²) in [5, 5.41) is 0. The summed E-state index contributed by atoms with van der Waals surface area (Å²) in [5.41, 5.74) is 5.15. The van der Waals surface area contributed by atoms with Crippen molar-refractivity contribution >= 4 is 28.7 Å². The molecular formula is C17H19Br2N4+. The fraction of sp³-hybridized carbons (Fsp3) is 0.176. The smallest absolute Gasteiger partial charge is 0.339 e. The van der Waals surface area contributed by atoms with Gasteiger partial charge in [-0.15, -0.1) is 4.58 Å². The lowest BCUT2D eigenvalue weighted by molar-refractivity contribution is -0.761. The number of hydrogen-bond acceptors (Lipinski definition) is 0. The average molecular weight is 439 g/mol. The zero-order chi connectivity index (χ0) is 14.4. The van der Waals surface area contributed by atoms with Crippen molar-refractivity contribution < 1.29 is 48.0 Å². The minimum Gasteiger partial charge on any atom is -1.00 e. The van der Waals surface area contributed by atoms with Gasteiger partial charge < -0.3 is 34.0 Å². The van der Waals surface area contributed by atoms with Gasteiger partial charge in [-0.05, 0) is 12.1 Å². The summed E-state index contributed by atoms with van der Waals surface area (Å²) in [6.07, 6.45) is 4.41. The highest BCUT2D eigenvalue weighted by molar-refractivity contribution is 5.71. The van der Waals surface area contributed by atoms with E-state index in [1.165, 1.54) is 27.3 Å². The maximum Gasteiger partial charge on any atom is 0.339 e. The molecule has 3 aromatic rings. The number of rotatable bonds is 2. The number of halogens is 2. The molecule has 4 nitrogen and oxygen atoms in total. The number of benzene rings is 2. The first kappa shape index (κ1) is 17.8. The van der Waals surface area contributed by atoms with Crippen molar-refractivity contribution in [2.24, 2.45) is 7.05 Å². The number of imidazole rings is 1. The second-order valence-corrected chi connectivity index (χ2v) is 5.63. The van der Waals surface area contributed by atoms with Gasteiger partial charge in [0.2, 0.25) is 18.7 Å². The Bertz CT molecular complexity index is 870. The predicted octanol–water partition coefficient (Wildman–Crippen LogP) is -5.04. The van der Waals surface area contributed by atoms with Crippen LogP contribution in [-0.4, -0.2) is 22.5 Å². The molecule has 6 heteroatoms. The third kappa shape index (κ3) is 2.98. The SMILES string of the molecule is C[N+]1=C[NH+](Cn2c[n+](C)c3ccccc32)c2ccccc21.[Br-].[Br-]. The van der Waals surface area contributed by atoms with Gasteiger partial charge in [-0.1, -0.05) is 24.3 Å². The third-order valence-electron chi connectivity index (χ3n) is 4.20. The Morgan fingerprint density at radius 1 is 0.957 bits per heavy atom. The van der Waals surface area contributed by atoms with Crippen molar-refractivity contribution in [3.8, 4) is 0 Å². The van der Waals surface area contributed by atoms with E-state index >= 15 is 0 Å². The lowest BCUT2D eigenvalue weighted by Crippen LogP contribution is -3.04. The second kappa shape index (κ2) is 6.95. The first-order valence-electron chi connectivity index (χ1n) is 7.20. The van der Waals surface area contributed by atoms with Gasteiger partial charge in [0.25, 0.3) is 5.69 Å². The molecule has 1 atom stereocenters. The average Bonchev–Trinajstić information content (AvgIpc) is 3.00. The van der Waals surface area contributed by atoms with Gasteiger partial charge in [0.15, 0.2) is 11.0 Å². The van der Waals surface area contributed by atoms with E-state index in [0.717, 1.165) is 6.67 Å². The molecule has 1 N–H and O–H groups in total. The molecule has 0 amide bonds. The number of quaternary nitrogens is 1. The number of fused-ring (bicyclic) bond motifs is 2. The van der Waals surface area contributed by atoms with Gasteiger partial charge in [0.1, 0.15) is 7.05 Å². The zero-order valence-electron chi connectivity index (χ0n) is 13.1. The molecule has 2 aromatic carbocycles. The molecule has 0 bridgehead atoms. The lowest BCUT2D eigenvalue weighted by Gasteiger charge is -2.03. The number of para-hydroxylation sites is 4. The summed E-state index contributed by atoms with van der Waals surface area (Å²) in [7, 11) is 4.21. The normalized spacial score (nSPS) is 15.6. The van der Waals surface area contributed by atoms with Crippen LogP contribution < -0.4 is 43.4 Å². The lowest BCUT2D eigenvalue weighted by atomic mass is 10.2. The van der Waals surface area contributed by atoms with Gasteiger partial charge >= 0.3 is 6.34 Å². The molecule has 0 radical (unpaired) electrons. The highest BCUT2D eigenvalue weighted by Crippen LogP contribution is 2.21.